The van der Waals surface area contributed by atoms with Crippen LogP contribution in [0.5, 0.6) is 5.75 Å². The van der Waals surface area contributed by atoms with Gasteiger partial charge in [-0.25, -0.2) is 0 Å². The van der Waals surface area contributed by atoms with E-state index in [0.29, 0.717) is 6.61 Å². The van der Waals surface area contributed by atoms with Gasteiger partial charge in [0.25, 0.3) is 0 Å². The molecule has 1 aromatic heterocycles. The van der Waals surface area contributed by atoms with Gasteiger partial charge in [0.2, 0.25) is 0 Å². The second-order valence-electron chi connectivity index (χ2n) is 5.31. The van der Waals surface area contributed by atoms with E-state index in [2.05, 4.69) is 30.8 Å². The zero-order chi connectivity index (χ0) is 12.9. The van der Waals surface area contributed by atoms with Gasteiger partial charge >= 0.3 is 0 Å². The monoisotopic (exact) mass is 240 g/mol. The Labute approximate surface area is 104 Å². The molecule has 0 aliphatic rings. The van der Waals surface area contributed by atoms with Crippen LogP contribution in [0.1, 0.15) is 39.3 Å². The van der Waals surface area contributed by atoms with E-state index in [1.165, 1.54) is 0 Å². The van der Waals surface area contributed by atoms with Crippen molar-refractivity contribution in [3.8, 4) is 5.75 Å². The van der Waals surface area contributed by atoms with Gasteiger partial charge in [0.15, 0.2) is 12.0 Å². The summed E-state index contributed by atoms with van der Waals surface area (Å²) in [4.78, 5) is 2.09. The van der Waals surface area contributed by atoms with Crippen LogP contribution < -0.4 is 4.74 Å². The van der Waals surface area contributed by atoms with Crippen LogP contribution in [0.4, 0.5) is 0 Å². The lowest BCUT2D eigenvalue weighted by molar-refractivity contribution is 0.254. The predicted molar refractivity (Wildman–Crippen MR) is 68.5 cm³/mol. The van der Waals surface area contributed by atoms with Gasteiger partial charge in [-0.1, -0.05) is 32.3 Å². The van der Waals surface area contributed by atoms with Gasteiger partial charge in [0, 0.05) is 12.0 Å². The topological polar surface area (TPSA) is 38.5 Å². The molecule has 0 amide bonds. The highest BCUT2D eigenvalue weighted by Gasteiger charge is 2.27. The Morgan fingerprint density at radius 2 is 2.12 bits per heavy atom. The number of ether oxygens (including phenoxy) is 1. The van der Waals surface area contributed by atoms with Crippen LogP contribution in [0.15, 0.2) is 10.8 Å². The minimum Gasteiger partial charge on any atom is -0.487 e. The van der Waals surface area contributed by atoms with Crippen molar-refractivity contribution in [2.75, 3.05) is 27.2 Å². The van der Waals surface area contributed by atoms with Crippen molar-refractivity contribution in [2.24, 2.45) is 0 Å². The van der Waals surface area contributed by atoms with Gasteiger partial charge < -0.3 is 14.2 Å². The van der Waals surface area contributed by atoms with Crippen molar-refractivity contribution >= 4 is 0 Å². The van der Waals surface area contributed by atoms with E-state index in [-0.39, 0.29) is 5.41 Å². The molecular formula is C13H24N2O2. The van der Waals surface area contributed by atoms with E-state index in [0.717, 1.165) is 30.8 Å². The van der Waals surface area contributed by atoms with Gasteiger partial charge in [-0.3, -0.25) is 0 Å². The first-order valence-electron chi connectivity index (χ1n) is 6.19. The molecule has 1 heterocycles. The van der Waals surface area contributed by atoms with Gasteiger partial charge in [0.05, 0.1) is 0 Å². The maximum Gasteiger partial charge on any atom is 0.182 e. The summed E-state index contributed by atoms with van der Waals surface area (Å²) in [6, 6.07) is 0. The Bertz CT molecular complexity index is 332. The van der Waals surface area contributed by atoms with Crippen molar-refractivity contribution < 1.29 is 9.26 Å². The van der Waals surface area contributed by atoms with Crippen LogP contribution in [-0.2, 0) is 5.41 Å². The second-order valence-corrected chi connectivity index (χ2v) is 5.31. The summed E-state index contributed by atoms with van der Waals surface area (Å²) in [6.45, 7) is 8.07. The summed E-state index contributed by atoms with van der Waals surface area (Å²) in [5.74, 6) is 0.783. The Kier molecular flexibility index (Phi) is 5.00. The van der Waals surface area contributed by atoms with Gasteiger partial charge in [-0.05, 0) is 20.5 Å². The van der Waals surface area contributed by atoms with E-state index < -0.39 is 0 Å². The third-order valence-corrected chi connectivity index (χ3v) is 2.85. The largest absolute Gasteiger partial charge is 0.487 e. The standard InChI is InChI=1S/C13H24N2O2/c1-6-7-13(2,3)12-11(10-17-14-12)16-9-8-15(4)5/h10H,6-9H2,1-5H3. The summed E-state index contributed by atoms with van der Waals surface area (Å²) >= 11 is 0. The normalized spacial score (nSPS) is 12.1. The first kappa shape index (κ1) is 14.0. The molecule has 0 aliphatic carbocycles. The molecule has 0 saturated heterocycles. The van der Waals surface area contributed by atoms with E-state index >= 15 is 0 Å². The SMILES string of the molecule is CCCC(C)(C)c1nocc1OCCN(C)C. The molecule has 0 aliphatic heterocycles. The number of hydrogen-bond acceptors (Lipinski definition) is 4. The molecule has 0 aromatic carbocycles. The average Bonchev–Trinajstić information content (AvgIpc) is 2.66. The molecular weight excluding hydrogens is 216 g/mol. The van der Waals surface area contributed by atoms with Crippen molar-refractivity contribution in [2.45, 2.75) is 39.0 Å². The lowest BCUT2D eigenvalue weighted by Gasteiger charge is -2.22. The Hall–Kier alpha value is -1.03. The van der Waals surface area contributed by atoms with Crippen LogP contribution in [0.2, 0.25) is 0 Å². The maximum absolute atomic E-state index is 5.72. The van der Waals surface area contributed by atoms with Crippen LogP contribution in [0.3, 0.4) is 0 Å². The van der Waals surface area contributed by atoms with E-state index in [9.17, 15) is 0 Å². The highest BCUT2D eigenvalue weighted by Crippen LogP contribution is 2.33. The number of aromatic nitrogens is 1. The molecule has 0 N–H and O–H groups in total. The molecule has 17 heavy (non-hydrogen) atoms. The fraction of sp³-hybridized carbons (Fsp3) is 0.769. The molecule has 0 fully saturated rings. The third-order valence-electron chi connectivity index (χ3n) is 2.85. The number of hydrogen-bond donors (Lipinski definition) is 0. The average molecular weight is 240 g/mol. The summed E-state index contributed by atoms with van der Waals surface area (Å²) in [7, 11) is 4.05. The molecule has 0 unspecified atom stereocenters. The molecule has 4 heteroatoms. The second kappa shape index (κ2) is 6.05. The molecule has 0 saturated carbocycles. The molecule has 98 valence electrons. The Morgan fingerprint density at radius 3 is 2.71 bits per heavy atom. The smallest absolute Gasteiger partial charge is 0.182 e. The molecule has 1 rings (SSSR count). The fourth-order valence-corrected chi connectivity index (χ4v) is 1.87. The third kappa shape index (κ3) is 4.04. The van der Waals surface area contributed by atoms with Crippen LogP contribution >= 0.6 is 0 Å². The lowest BCUT2D eigenvalue weighted by Crippen LogP contribution is -2.22. The highest BCUT2D eigenvalue weighted by atomic mass is 16.5. The number of nitrogens with zero attached hydrogens (tertiary/aromatic N) is 2. The summed E-state index contributed by atoms with van der Waals surface area (Å²) in [5, 5.41) is 4.09. The molecule has 4 nitrogen and oxygen atoms in total. The maximum atomic E-state index is 5.72. The van der Waals surface area contributed by atoms with Crippen LogP contribution in [0.25, 0.3) is 0 Å². The van der Waals surface area contributed by atoms with Crippen molar-refractivity contribution in [1.29, 1.82) is 0 Å². The first-order chi connectivity index (χ1) is 7.97. The first-order valence-corrected chi connectivity index (χ1v) is 6.19. The zero-order valence-electron chi connectivity index (χ0n) is 11.6. The molecule has 1 aromatic rings. The molecule has 0 radical (unpaired) electrons. The lowest BCUT2D eigenvalue weighted by atomic mass is 9.84. The van der Waals surface area contributed by atoms with Gasteiger partial charge in [0.1, 0.15) is 12.3 Å². The summed E-state index contributed by atoms with van der Waals surface area (Å²) < 4.78 is 10.8. The quantitative estimate of drug-likeness (QED) is 0.734. The van der Waals surface area contributed by atoms with E-state index in [4.69, 9.17) is 9.26 Å². The Balaban J connectivity index is 2.65. The highest BCUT2D eigenvalue weighted by molar-refractivity contribution is 5.29. The summed E-state index contributed by atoms with van der Waals surface area (Å²) in [5.41, 5.74) is 0.938. The predicted octanol–water partition coefficient (Wildman–Crippen LogP) is 2.69. The molecule has 0 bridgehead atoms. The van der Waals surface area contributed by atoms with Crippen LogP contribution in [-0.4, -0.2) is 37.3 Å². The fourth-order valence-electron chi connectivity index (χ4n) is 1.87. The van der Waals surface area contributed by atoms with Crippen molar-refractivity contribution in [1.82, 2.24) is 10.1 Å². The van der Waals surface area contributed by atoms with Gasteiger partial charge in [-0.15, -0.1) is 0 Å². The Morgan fingerprint density at radius 1 is 1.41 bits per heavy atom. The van der Waals surface area contributed by atoms with Crippen LogP contribution in [0, 0.1) is 0 Å². The van der Waals surface area contributed by atoms with Crippen molar-refractivity contribution in [3.63, 3.8) is 0 Å². The minimum atomic E-state index is 0.00913. The zero-order valence-corrected chi connectivity index (χ0v) is 11.6. The minimum absolute atomic E-state index is 0.00913. The van der Waals surface area contributed by atoms with E-state index in [1.807, 2.05) is 14.1 Å². The number of rotatable bonds is 7. The number of likely N-dealkylation sites (N-methyl/N-ethyl adjacent to an activating group) is 1. The molecule has 0 spiro atoms. The van der Waals surface area contributed by atoms with Gasteiger partial charge in [-0.2, -0.15) is 0 Å². The van der Waals surface area contributed by atoms with E-state index in [1.54, 1.807) is 6.26 Å². The summed E-state index contributed by atoms with van der Waals surface area (Å²) in [6.07, 6.45) is 3.79. The van der Waals surface area contributed by atoms with Crippen molar-refractivity contribution in [3.05, 3.63) is 12.0 Å². The molecule has 0 atom stereocenters.